The zero-order valence-electron chi connectivity index (χ0n) is 11.0. The molecule has 0 aromatic rings. The molecule has 0 bridgehead atoms. The quantitative estimate of drug-likeness (QED) is 0.523. The fourth-order valence-electron chi connectivity index (χ4n) is 2.11. The monoisotopic (exact) mass is 242 g/mol. The third kappa shape index (κ3) is 3.82. The summed E-state index contributed by atoms with van der Waals surface area (Å²) in [6, 6.07) is 0. The van der Waals surface area contributed by atoms with E-state index in [2.05, 4.69) is 4.74 Å². The van der Waals surface area contributed by atoms with E-state index in [1.165, 1.54) is 7.11 Å². The smallest absolute Gasteiger partial charge is 0.330 e. The minimum atomic E-state index is -0.354. The Hall–Kier alpha value is -0.870. The minimum absolute atomic E-state index is 0.269. The molecule has 4 nitrogen and oxygen atoms in total. The molecule has 1 aliphatic heterocycles. The van der Waals surface area contributed by atoms with Crippen molar-refractivity contribution in [3.05, 3.63) is 11.6 Å². The molecular formula is C13H22O4. The van der Waals surface area contributed by atoms with Crippen LogP contribution in [0.5, 0.6) is 0 Å². The number of hydrogen-bond acceptors (Lipinski definition) is 4. The van der Waals surface area contributed by atoms with Crippen molar-refractivity contribution in [1.82, 2.24) is 0 Å². The van der Waals surface area contributed by atoms with Gasteiger partial charge in [0.05, 0.1) is 20.3 Å². The summed E-state index contributed by atoms with van der Waals surface area (Å²) in [5.41, 5.74) is 1.13. The van der Waals surface area contributed by atoms with E-state index in [9.17, 15) is 4.79 Å². The summed E-state index contributed by atoms with van der Waals surface area (Å²) in [5.74, 6) is -0.623. The molecule has 1 heterocycles. The number of ether oxygens (including phenoxy) is 3. The topological polar surface area (TPSA) is 44.8 Å². The van der Waals surface area contributed by atoms with Gasteiger partial charge in [-0.2, -0.15) is 0 Å². The van der Waals surface area contributed by atoms with E-state index in [1.807, 2.05) is 13.8 Å². The Morgan fingerprint density at radius 1 is 1.24 bits per heavy atom. The van der Waals surface area contributed by atoms with Crippen LogP contribution in [-0.2, 0) is 19.0 Å². The highest BCUT2D eigenvalue weighted by molar-refractivity contribution is 5.82. The van der Waals surface area contributed by atoms with Crippen molar-refractivity contribution in [2.75, 3.05) is 20.3 Å². The van der Waals surface area contributed by atoms with Gasteiger partial charge in [0.2, 0.25) is 0 Å². The first-order chi connectivity index (χ1) is 8.24. The van der Waals surface area contributed by atoms with Crippen molar-refractivity contribution in [2.24, 2.45) is 0 Å². The van der Waals surface area contributed by atoms with E-state index in [-0.39, 0.29) is 11.8 Å². The van der Waals surface area contributed by atoms with Crippen LogP contribution >= 0.6 is 0 Å². The Labute approximate surface area is 103 Å². The van der Waals surface area contributed by atoms with Crippen molar-refractivity contribution >= 4 is 5.97 Å². The summed E-state index contributed by atoms with van der Waals surface area (Å²) in [6.45, 7) is 5.38. The van der Waals surface area contributed by atoms with Crippen LogP contribution < -0.4 is 0 Å². The van der Waals surface area contributed by atoms with Crippen LogP contribution in [0.25, 0.3) is 0 Å². The summed E-state index contributed by atoms with van der Waals surface area (Å²) in [5, 5.41) is 0. The second-order valence-electron chi connectivity index (χ2n) is 3.93. The highest BCUT2D eigenvalue weighted by Crippen LogP contribution is 2.37. The molecular weight excluding hydrogens is 220 g/mol. The number of hydrogen-bond donors (Lipinski definition) is 0. The van der Waals surface area contributed by atoms with Crippen LogP contribution in [0, 0.1) is 0 Å². The molecule has 98 valence electrons. The second kappa shape index (κ2) is 6.77. The first-order valence-electron chi connectivity index (χ1n) is 6.29. The molecule has 0 aromatic heterocycles. The molecule has 17 heavy (non-hydrogen) atoms. The Kier molecular flexibility index (Phi) is 5.65. The molecule has 1 aliphatic carbocycles. The molecule has 4 heteroatoms. The van der Waals surface area contributed by atoms with Crippen molar-refractivity contribution in [3.63, 3.8) is 0 Å². The lowest BCUT2D eigenvalue weighted by atomic mass is 9.89. The highest BCUT2D eigenvalue weighted by Gasteiger charge is 2.38. The highest BCUT2D eigenvalue weighted by atomic mass is 16.7. The molecule has 0 aromatic carbocycles. The van der Waals surface area contributed by atoms with Crippen molar-refractivity contribution in [2.45, 2.75) is 45.3 Å². The van der Waals surface area contributed by atoms with E-state index in [4.69, 9.17) is 9.47 Å². The van der Waals surface area contributed by atoms with Gasteiger partial charge in [0.15, 0.2) is 5.79 Å². The molecule has 0 amide bonds. The largest absolute Gasteiger partial charge is 0.466 e. The van der Waals surface area contributed by atoms with Crippen LogP contribution in [0.3, 0.4) is 0 Å². The molecule has 1 saturated carbocycles. The number of methoxy groups -OCH3 is 1. The van der Waals surface area contributed by atoms with E-state index in [0.717, 1.165) is 31.3 Å². The molecule has 1 saturated heterocycles. The lowest BCUT2D eigenvalue weighted by Gasteiger charge is -2.32. The Balaban J connectivity index is 0.000000686. The molecule has 2 aliphatic rings. The third-order valence-electron chi connectivity index (χ3n) is 2.99. The summed E-state index contributed by atoms with van der Waals surface area (Å²) >= 11 is 0. The standard InChI is InChI=1S/C11H16O4.C2H6/c1-13-10(12)8-9-2-4-11(5-3-9)14-6-7-15-11;1-2/h8H,2-7H2,1H3;1-2H3. The lowest BCUT2D eigenvalue weighted by molar-refractivity contribution is -0.171. The first kappa shape index (κ1) is 14.2. The Morgan fingerprint density at radius 3 is 2.24 bits per heavy atom. The molecule has 1 spiro atoms. The maximum Gasteiger partial charge on any atom is 0.330 e. The van der Waals surface area contributed by atoms with Gasteiger partial charge in [0.1, 0.15) is 0 Å². The van der Waals surface area contributed by atoms with Gasteiger partial charge in [-0.3, -0.25) is 0 Å². The number of carbonyl (C=O) groups is 1. The molecule has 0 unspecified atom stereocenters. The van der Waals surface area contributed by atoms with Crippen molar-refractivity contribution < 1.29 is 19.0 Å². The van der Waals surface area contributed by atoms with Crippen LogP contribution in [0.2, 0.25) is 0 Å². The molecule has 0 radical (unpaired) electrons. The normalized spacial score (nSPS) is 21.7. The van der Waals surface area contributed by atoms with Gasteiger partial charge in [-0.05, 0) is 12.8 Å². The maximum absolute atomic E-state index is 11.0. The van der Waals surface area contributed by atoms with E-state index >= 15 is 0 Å². The third-order valence-corrected chi connectivity index (χ3v) is 2.99. The molecule has 0 atom stereocenters. The van der Waals surface area contributed by atoms with Gasteiger partial charge in [-0.15, -0.1) is 0 Å². The molecule has 0 N–H and O–H groups in total. The van der Waals surface area contributed by atoms with Gasteiger partial charge < -0.3 is 14.2 Å². The number of allylic oxidation sites excluding steroid dienone is 1. The summed E-state index contributed by atoms with van der Waals surface area (Å²) in [6.07, 6.45) is 4.98. The summed E-state index contributed by atoms with van der Waals surface area (Å²) in [7, 11) is 1.40. The molecule has 2 rings (SSSR count). The summed E-state index contributed by atoms with van der Waals surface area (Å²) < 4.78 is 15.8. The minimum Gasteiger partial charge on any atom is -0.466 e. The fraction of sp³-hybridized carbons (Fsp3) is 0.769. The summed E-state index contributed by atoms with van der Waals surface area (Å²) in [4.78, 5) is 11.0. The van der Waals surface area contributed by atoms with E-state index in [1.54, 1.807) is 6.08 Å². The average molecular weight is 242 g/mol. The lowest BCUT2D eigenvalue weighted by Crippen LogP contribution is -2.33. The van der Waals surface area contributed by atoms with Gasteiger partial charge in [0, 0.05) is 18.9 Å². The molecule has 2 fully saturated rings. The van der Waals surface area contributed by atoms with E-state index < -0.39 is 0 Å². The fourth-order valence-corrected chi connectivity index (χ4v) is 2.11. The van der Waals surface area contributed by atoms with Gasteiger partial charge in [0.25, 0.3) is 0 Å². The van der Waals surface area contributed by atoms with Crippen LogP contribution in [0.1, 0.15) is 39.5 Å². The Morgan fingerprint density at radius 2 is 1.76 bits per heavy atom. The number of carbonyl (C=O) groups excluding carboxylic acids is 1. The van der Waals surface area contributed by atoms with E-state index in [0.29, 0.717) is 13.2 Å². The average Bonchev–Trinajstić information content (AvgIpc) is 2.83. The first-order valence-corrected chi connectivity index (χ1v) is 6.29. The van der Waals surface area contributed by atoms with Gasteiger partial charge in [-0.1, -0.05) is 19.4 Å². The predicted octanol–water partition coefficient (Wildman–Crippen LogP) is 2.43. The number of rotatable bonds is 1. The van der Waals surface area contributed by atoms with Crippen LogP contribution in [0.15, 0.2) is 11.6 Å². The van der Waals surface area contributed by atoms with Gasteiger partial charge >= 0.3 is 5.97 Å². The maximum atomic E-state index is 11.0. The zero-order valence-corrected chi connectivity index (χ0v) is 11.0. The van der Waals surface area contributed by atoms with Crippen LogP contribution in [-0.4, -0.2) is 32.1 Å². The van der Waals surface area contributed by atoms with Crippen molar-refractivity contribution in [1.29, 1.82) is 0 Å². The SMILES string of the molecule is CC.COC(=O)C=C1CCC2(CC1)OCCO2. The van der Waals surface area contributed by atoms with Crippen molar-refractivity contribution in [3.8, 4) is 0 Å². The second-order valence-corrected chi connectivity index (χ2v) is 3.93. The Bertz CT molecular complexity index is 265. The predicted molar refractivity (Wildman–Crippen MR) is 64.6 cm³/mol. The zero-order chi connectivity index (χ0) is 12.7. The number of esters is 1. The van der Waals surface area contributed by atoms with Crippen LogP contribution in [0.4, 0.5) is 0 Å². The van der Waals surface area contributed by atoms with Gasteiger partial charge in [-0.25, -0.2) is 4.79 Å².